The van der Waals surface area contributed by atoms with E-state index in [2.05, 4.69) is 10.1 Å². The van der Waals surface area contributed by atoms with E-state index in [-0.39, 0.29) is 17.6 Å². The van der Waals surface area contributed by atoms with Gasteiger partial charge in [-0.25, -0.2) is 4.39 Å². The van der Waals surface area contributed by atoms with Gasteiger partial charge in [0.05, 0.1) is 24.9 Å². The monoisotopic (exact) mass is 314 g/mol. The van der Waals surface area contributed by atoms with Gasteiger partial charge in [-0.15, -0.1) is 0 Å². The first-order valence-electron chi connectivity index (χ1n) is 6.52. The summed E-state index contributed by atoms with van der Waals surface area (Å²) in [6.07, 6.45) is 1.42. The summed E-state index contributed by atoms with van der Waals surface area (Å²) in [5, 5.41) is 2.64. The van der Waals surface area contributed by atoms with Crippen LogP contribution in [0.1, 0.15) is 19.3 Å². The van der Waals surface area contributed by atoms with E-state index in [4.69, 9.17) is 5.73 Å². The third-order valence-electron chi connectivity index (χ3n) is 2.66. The molecule has 21 heavy (non-hydrogen) atoms. The maximum absolute atomic E-state index is 12.9. The number of carbonyl (C=O) groups excluding carboxylic acids is 2. The van der Waals surface area contributed by atoms with Crippen LogP contribution in [-0.2, 0) is 14.3 Å². The van der Waals surface area contributed by atoms with E-state index < -0.39 is 5.82 Å². The van der Waals surface area contributed by atoms with Crippen LogP contribution >= 0.6 is 11.8 Å². The van der Waals surface area contributed by atoms with Gasteiger partial charge in [0.1, 0.15) is 5.82 Å². The highest BCUT2D eigenvalue weighted by Crippen LogP contribution is 2.19. The predicted molar refractivity (Wildman–Crippen MR) is 82.6 cm³/mol. The highest BCUT2D eigenvalue weighted by atomic mass is 32.2. The van der Waals surface area contributed by atoms with Gasteiger partial charge in [-0.05, 0) is 30.4 Å². The Morgan fingerprint density at radius 2 is 2.10 bits per heavy atom. The second-order valence-electron chi connectivity index (χ2n) is 4.32. The van der Waals surface area contributed by atoms with Crippen LogP contribution in [0, 0.1) is 5.82 Å². The van der Waals surface area contributed by atoms with Crippen LogP contribution in [0.15, 0.2) is 18.2 Å². The van der Waals surface area contributed by atoms with Gasteiger partial charge in [0, 0.05) is 12.2 Å². The number of hydrogen-bond acceptors (Lipinski definition) is 5. The van der Waals surface area contributed by atoms with E-state index in [1.807, 2.05) is 0 Å². The first-order valence-corrected chi connectivity index (χ1v) is 7.68. The van der Waals surface area contributed by atoms with Crippen LogP contribution < -0.4 is 11.1 Å². The normalized spacial score (nSPS) is 10.2. The van der Waals surface area contributed by atoms with Gasteiger partial charge in [0.15, 0.2) is 0 Å². The lowest BCUT2D eigenvalue weighted by Crippen LogP contribution is -2.13. The fourth-order valence-corrected chi connectivity index (χ4v) is 2.42. The van der Waals surface area contributed by atoms with E-state index in [0.717, 1.165) is 11.8 Å². The molecule has 1 aromatic carbocycles. The fourth-order valence-electron chi connectivity index (χ4n) is 1.55. The van der Waals surface area contributed by atoms with E-state index in [9.17, 15) is 14.0 Å². The Kier molecular flexibility index (Phi) is 7.60. The molecule has 3 N–H and O–H groups in total. The molecule has 0 heterocycles. The van der Waals surface area contributed by atoms with Crippen molar-refractivity contribution in [2.75, 3.05) is 29.7 Å². The zero-order valence-corrected chi connectivity index (χ0v) is 12.7. The molecule has 0 aromatic heterocycles. The molecule has 0 aliphatic heterocycles. The topological polar surface area (TPSA) is 81.4 Å². The second-order valence-corrected chi connectivity index (χ2v) is 5.55. The van der Waals surface area contributed by atoms with Crippen LogP contribution in [0.3, 0.4) is 0 Å². The Morgan fingerprint density at radius 1 is 1.33 bits per heavy atom. The first-order chi connectivity index (χ1) is 10.0. The van der Waals surface area contributed by atoms with Crippen molar-refractivity contribution < 1.29 is 18.7 Å². The summed E-state index contributed by atoms with van der Waals surface area (Å²) in [7, 11) is 1.36. The summed E-state index contributed by atoms with van der Waals surface area (Å²) in [5.41, 5.74) is 6.22. The number of esters is 1. The molecule has 0 saturated carbocycles. The molecule has 0 bridgehead atoms. The number of thioether (sulfide) groups is 1. The van der Waals surface area contributed by atoms with E-state index in [1.165, 1.54) is 19.2 Å². The molecule has 0 saturated heterocycles. The van der Waals surface area contributed by atoms with Crippen molar-refractivity contribution >= 4 is 35.0 Å². The molecule has 0 aliphatic rings. The number of nitrogens with one attached hydrogen (secondary N) is 1. The van der Waals surface area contributed by atoms with Crippen molar-refractivity contribution in [1.29, 1.82) is 0 Å². The number of carbonyl (C=O) groups is 2. The van der Waals surface area contributed by atoms with Crippen molar-refractivity contribution in [1.82, 2.24) is 0 Å². The van der Waals surface area contributed by atoms with Gasteiger partial charge in [0.25, 0.3) is 0 Å². The SMILES string of the molecule is COC(=O)CCSCCCC(=O)Nc1ccc(F)cc1N. The first kappa shape index (κ1) is 17.3. The number of rotatable bonds is 8. The molecular weight excluding hydrogens is 295 g/mol. The Bertz CT molecular complexity index is 497. The molecule has 1 amide bonds. The van der Waals surface area contributed by atoms with Crippen molar-refractivity contribution in [3.8, 4) is 0 Å². The molecule has 116 valence electrons. The van der Waals surface area contributed by atoms with E-state index in [1.54, 1.807) is 11.8 Å². The average molecular weight is 314 g/mol. The number of anilines is 2. The van der Waals surface area contributed by atoms with Crippen LogP contribution in [-0.4, -0.2) is 30.5 Å². The largest absolute Gasteiger partial charge is 0.469 e. The van der Waals surface area contributed by atoms with Crippen molar-refractivity contribution in [3.05, 3.63) is 24.0 Å². The summed E-state index contributed by atoms with van der Waals surface area (Å²) in [5.74, 6) is 0.629. The molecular formula is C14H19FN2O3S. The van der Waals surface area contributed by atoms with Gasteiger partial charge >= 0.3 is 5.97 Å². The molecule has 0 atom stereocenters. The second kappa shape index (κ2) is 9.23. The summed E-state index contributed by atoms with van der Waals surface area (Å²) in [6.45, 7) is 0. The number of nitrogens with two attached hydrogens (primary N) is 1. The molecule has 0 unspecified atom stereocenters. The molecule has 0 fully saturated rings. The summed E-state index contributed by atoms with van der Waals surface area (Å²) >= 11 is 1.60. The Hall–Kier alpha value is -1.76. The minimum atomic E-state index is -0.437. The Morgan fingerprint density at radius 3 is 2.76 bits per heavy atom. The number of nitrogen functional groups attached to an aromatic ring is 1. The van der Waals surface area contributed by atoms with E-state index >= 15 is 0 Å². The molecule has 1 rings (SSSR count). The van der Waals surface area contributed by atoms with Crippen LogP contribution in [0.4, 0.5) is 15.8 Å². The third kappa shape index (κ3) is 6.99. The molecule has 0 radical (unpaired) electrons. The third-order valence-corrected chi connectivity index (χ3v) is 3.73. The number of ether oxygens (including phenoxy) is 1. The lowest BCUT2D eigenvalue weighted by molar-refractivity contribution is -0.140. The number of amides is 1. The molecule has 1 aromatic rings. The summed E-state index contributed by atoms with van der Waals surface area (Å²) in [6, 6.07) is 3.85. The van der Waals surface area contributed by atoms with Gasteiger partial charge in [-0.3, -0.25) is 9.59 Å². The summed E-state index contributed by atoms with van der Waals surface area (Å²) in [4.78, 5) is 22.6. The van der Waals surface area contributed by atoms with E-state index in [0.29, 0.717) is 30.7 Å². The highest BCUT2D eigenvalue weighted by molar-refractivity contribution is 7.99. The Balaban J connectivity index is 2.18. The minimum Gasteiger partial charge on any atom is -0.469 e. The van der Waals surface area contributed by atoms with Crippen LogP contribution in [0.5, 0.6) is 0 Å². The fraction of sp³-hybridized carbons (Fsp3) is 0.429. The molecule has 0 spiro atoms. The molecule has 0 aliphatic carbocycles. The molecule has 7 heteroatoms. The maximum Gasteiger partial charge on any atom is 0.306 e. The predicted octanol–water partition coefficient (Wildman–Crippen LogP) is 2.42. The van der Waals surface area contributed by atoms with Crippen LogP contribution in [0.2, 0.25) is 0 Å². The maximum atomic E-state index is 12.9. The number of benzene rings is 1. The van der Waals surface area contributed by atoms with Crippen molar-refractivity contribution in [2.24, 2.45) is 0 Å². The number of methoxy groups -OCH3 is 1. The van der Waals surface area contributed by atoms with Crippen molar-refractivity contribution in [2.45, 2.75) is 19.3 Å². The standard InChI is InChI=1S/C14H19FN2O3S/c1-20-14(19)6-8-21-7-2-3-13(18)17-12-5-4-10(15)9-11(12)16/h4-5,9H,2-3,6-8,16H2,1H3,(H,17,18). The highest BCUT2D eigenvalue weighted by Gasteiger charge is 2.06. The lowest BCUT2D eigenvalue weighted by atomic mass is 10.2. The molecule has 5 nitrogen and oxygen atoms in total. The zero-order valence-electron chi connectivity index (χ0n) is 11.9. The summed E-state index contributed by atoms with van der Waals surface area (Å²) < 4.78 is 17.4. The quantitative estimate of drug-likeness (QED) is 0.437. The zero-order chi connectivity index (χ0) is 15.7. The lowest BCUT2D eigenvalue weighted by Gasteiger charge is -2.08. The average Bonchev–Trinajstić information content (AvgIpc) is 2.45. The van der Waals surface area contributed by atoms with Gasteiger partial charge in [0.2, 0.25) is 5.91 Å². The number of halogens is 1. The number of hydrogen-bond donors (Lipinski definition) is 2. The van der Waals surface area contributed by atoms with Crippen molar-refractivity contribution in [3.63, 3.8) is 0 Å². The Labute approximate surface area is 127 Å². The van der Waals surface area contributed by atoms with Gasteiger partial charge in [-0.1, -0.05) is 0 Å². The minimum absolute atomic E-state index is 0.165. The van der Waals surface area contributed by atoms with Gasteiger partial charge < -0.3 is 15.8 Å². The van der Waals surface area contributed by atoms with Crippen LogP contribution in [0.25, 0.3) is 0 Å². The van der Waals surface area contributed by atoms with Gasteiger partial charge in [-0.2, -0.15) is 11.8 Å². The smallest absolute Gasteiger partial charge is 0.306 e.